The molecular formula is C19H18FN3O5S. The van der Waals surface area contributed by atoms with Gasteiger partial charge in [-0.2, -0.15) is 0 Å². The quantitative estimate of drug-likeness (QED) is 0.606. The van der Waals surface area contributed by atoms with E-state index in [2.05, 4.69) is 15.2 Å². The molecule has 0 radical (unpaired) electrons. The number of carbonyl (C=O) groups is 1. The summed E-state index contributed by atoms with van der Waals surface area (Å²) in [5.74, 6) is -0.821. The molecule has 0 aliphatic heterocycles. The summed E-state index contributed by atoms with van der Waals surface area (Å²) in [5, 5.41) is 6.28. The van der Waals surface area contributed by atoms with Crippen molar-refractivity contribution in [2.45, 2.75) is 6.92 Å². The molecule has 0 aliphatic carbocycles. The number of halogens is 1. The van der Waals surface area contributed by atoms with Crippen molar-refractivity contribution >= 4 is 27.3 Å². The Balaban J connectivity index is 1.78. The highest BCUT2D eigenvalue weighted by atomic mass is 32.2. The Morgan fingerprint density at radius 2 is 1.97 bits per heavy atom. The number of hydrogen-bond acceptors (Lipinski definition) is 6. The van der Waals surface area contributed by atoms with Crippen molar-refractivity contribution in [3.05, 3.63) is 60.0 Å². The molecule has 0 saturated heterocycles. The van der Waals surface area contributed by atoms with Crippen molar-refractivity contribution in [2.24, 2.45) is 0 Å². The average Bonchev–Trinajstić information content (AvgIpc) is 3.19. The highest BCUT2D eigenvalue weighted by molar-refractivity contribution is 7.92. The number of carbonyl (C=O) groups excluding carboxylic acids is 1. The van der Waals surface area contributed by atoms with E-state index in [-0.39, 0.29) is 34.2 Å². The maximum Gasteiger partial charge on any atom is 0.277 e. The fraction of sp³-hybridized carbons (Fsp3) is 0.158. The van der Waals surface area contributed by atoms with E-state index < -0.39 is 21.7 Å². The molecule has 0 bridgehead atoms. The number of hydrogen-bond donors (Lipinski definition) is 2. The van der Waals surface area contributed by atoms with Gasteiger partial charge in [0.2, 0.25) is 10.0 Å². The molecule has 8 nitrogen and oxygen atoms in total. The van der Waals surface area contributed by atoms with Crippen LogP contribution in [-0.4, -0.2) is 32.3 Å². The van der Waals surface area contributed by atoms with Crippen LogP contribution < -0.4 is 14.8 Å². The van der Waals surface area contributed by atoms with Gasteiger partial charge >= 0.3 is 0 Å². The summed E-state index contributed by atoms with van der Waals surface area (Å²) in [6.45, 7) is 1.51. The van der Waals surface area contributed by atoms with Crippen molar-refractivity contribution < 1.29 is 26.9 Å². The second kappa shape index (κ2) is 8.31. The second-order valence-corrected chi connectivity index (χ2v) is 7.94. The number of amides is 1. The zero-order chi connectivity index (χ0) is 21.0. The highest BCUT2D eigenvalue weighted by Gasteiger charge is 2.17. The number of aromatic nitrogens is 1. The molecule has 0 spiro atoms. The zero-order valence-corrected chi connectivity index (χ0v) is 16.4. The molecule has 10 heteroatoms. The van der Waals surface area contributed by atoms with Crippen molar-refractivity contribution in [3.63, 3.8) is 0 Å². The number of rotatable bonds is 7. The van der Waals surface area contributed by atoms with Crippen molar-refractivity contribution in [1.29, 1.82) is 0 Å². The summed E-state index contributed by atoms with van der Waals surface area (Å²) in [7, 11) is -2.10. The third-order valence-electron chi connectivity index (χ3n) is 3.99. The number of nitrogens with one attached hydrogen (secondary N) is 2. The van der Waals surface area contributed by atoms with Crippen LogP contribution in [0.25, 0.3) is 11.3 Å². The van der Waals surface area contributed by atoms with Crippen molar-refractivity contribution in [1.82, 2.24) is 5.16 Å². The summed E-state index contributed by atoms with van der Waals surface area (Å²) >= 11 is 0. The van der Waals surface area contributed by atoms with Gasteiger partial charge in [-0.15, -0.1) is 0 Å². The summed E-state index contributed by atoms with van der Waals surface area (Å²) in [4.78, 5) is 12.4. The van der Waals surface area contributed by atoms with E-state index in [9.17, 15) is 17.6 Å². The molecule has 0 saturated carbocycles. The monoisotopic (exact) mass is 419 g/mol. The van der Waals surface area contributed by atoms with Crippen LogP contribution in [0.5, 0.6) is 5.75 Å². The zero-order valence-electron chi connectivity index (χ0n) is 15.6. The van der Waals surface area contributed by atoms with Crippen LogP contribution in [0.1, 0.15) is 17.4 Å². The van der Waals surface area contributed by atoms with Gasteiger partial charge < -0.3 is 14.6 Å². The Kier molecular flexibility index (Phi) is 5.83. The van der Waals surface area contributed by atoms with E-state index in [1.165, 1.54) is 50.4 Å². The summed E-state index contributed by atoms with van der Waals surface area (Å²) in [6, 6.07) is 11.7. The number of anilines is 2. The Hall–Kier alpha value is -3.40. The van der Waals surface area contributed by atoms with E-state index in [1.54, 1.807) is 12.1 Å². The molecular weight excluding hydrogens is 401 g/mol. The minimum Gasteiger partial charge on any atom is -0.494 e. The molecule has 3 rings (SSSR count). The van der Waals surface area contributed by atoms with Gasteiger partial charge in [0, 0.05) is 17.8 Å². The van der Waals surface area contributed by atoms with Gasteiger partial charge in [-0.3, -0.25) is 9.52 Å². The predicted octanol–water partition coefficient (Wildman–Crippen LogP) is 3.50. The number of methoxy groups -OCH3 is 1. The standard InChI is InChI=1S/C19H18FN3O5S/c1-3-29(25,26)23-15-9-8-12(10-18(15)27-2)21-19(24)16-11-17(28-22-16)13-6-4-5-7-14(13)20/h4-11,23H,3H2,1-2H3,(H,21,24). The number of ether oxygens (including phenoxy) is 1. The first kappa shape index (κ1) is 20.3. The predicted molar refractivity (Wildman–Crippen MR) is 106 cm³/mol. The molecule has 152 valence electrons. The molecule has 0 aliphatic rings. The first-order valence-corrected chi connectivity index (χ1v) is 10.2. The molecule has 1 amide bonds. The molecule has 0 fully saturated rings. The molecule has 2 aromatic carbocycles. The van der Waals surface area contributed by atoms with E-state index >= 15 is 0 Å². The Bertz CT molecular complexity index is 1140. The van der Waals surface area contributed by atoms with Crippen LogP contribution >= 0.6 is 0 Å². The van der Waals surface area contributed by atoms with Gasteiger partial charge in [0.25, 0.3) is 5.91 Å². The van der Waals surface area contributed by atoms with E-state index in [0.29, 0.717) is 5.69 Å². The molecule has 3 aromatic rings. The second-order valence-electron chi connectivity index (χ2n) is 5.93. The van der Waals surface area contributed by atoms with Crippen LogP contribution in [0.3, 0.4) is 0 Å². The summed E-state index contributed by atoms with van der Waals surface area (Å²) in [6.07, 6.45) is 0. The van der Waals surface area contributed by atoms with Gasteiger partial charge in [-0.1, -0.05) is 17.3 Å². The van der Waals surface area contributed by atoms with Crippen molar-refractivity contribution in [3.8, 4) is 17.1 Å². The van der Waals surface area contributed by atoms with Crippen LogP contribution in [-0.2, 0) is 10.0 Å². The van der Waals surface area contributed by atoms with E-state index in [0.717, 1.165) is 0 Å². The van der Waals surface area contributed by atoms with E-state index in [1.807, 2.05) is 0 Å². The number of benzene rings is 2. The van der Waals surface area contributed by atoms with Gasteiger partial charge in [0.05, 0.1) is 24.1 Å². The third-order valence-corrected chi connectivity index (χ3v) is 5.28. The molecule has 2 N–H and O–H groups in total. The smallest absolute Gasteiger partial charge is 0.277 e. The largest absolute Gasteiger partial charge is 0.494 e. The summed E-state index contributed by atoms with van der Waals surface area (Å²) < 4.78 is 50.0. The van der Waals surface area contributed by atoms with Crippen molar-refractivity contribution in [2.75, 3.05) is 22.9 Å². The lowest BCUT2D eigenvalue weighted by Crippen LogP contribution is -2.16. The average molecular weight is 419 g/mol. The van der Waals surface area contributed by atoms with Crippen LogP contribution in [0.2, 0.25) is 0 Å². The Morgan fingerprint density at radius 1 is 1.21 bits per heavy atom. The van der Waals surface area contributed by atoms with Gasteiger partial charge in [-0.05, 0) is 31.2 Å². The first-order valence-electron chi connectivity index (χ1n) is 8.54. The molecule has 29 heavy (non-hydrogen) atoms. The highest BCUT2D eigenvalue weighted by Crippen LogP contribution is 2.29. The fourth-order valence-corrected chi connectivity index (χ4v) is 3.11. The van der Waals surface area contributed by atoms with E-state index in [4.69, 9.17) is 9.26 Å². The minimum atomic E-state index is -3.48. The van der Waals surface area contributed by atoms with Crippen LogP contribution in [0, 0.1) is 5.82 Å². The Morgan fingerprint density at radius 3 is 2.66 bits per heavy atom. The lowest BCUT2D eigenvalue weighted by atomic mass is 10.1. The molecule has 0 atom stereocenters. The maximum atomic E-state index is 13.8. The lowest BCUT2D eigenvalue weighted by Gasteiger charge is -2.12. The molecule has 1 heterocycles. The lowest BCUT2D eigenvalue weighted by molar-refractivity contribution is 0.101. The normalized spacial score (nSPS) is 11.1. The topological polar surface area (TPSA) is 111 Å². The number of sulfonamides is 1. The van der Waals surface area contributed by atoms with Gasteiger partial charge in [0.1, 0.15) is 11.6 Å². The number of nitrogens with zero attached hydrogens (tertiary/aromatic N) is 1. The van der Waals surface area contributed by atoms with Crippen LogP contribution in [0.15, 0.2) is 53.1 Å². The first-order chi connectivity index (χ1) is 13.8. The van der Waals surface area contributed by atoms with Gasteiger partial charge in [0.15, 0.2) is 11.5 Å². The fourth-order valence-electron chi connectivity index (χ4n) is 2.46. The van der Waals surface area contributed by atoms with Crippen LogP contribution in [0.4, 0.5) is 15.8 Å². The third kappa shape index (κ3) is 4.72. The molecule has 0 unspecified atom stereocenters. The minimum absolute atomic E-state index is 0.0435. The summed E-state index contributed by atoms with van der Waals surface area (Å²) in [5.41, 5.74) is 0.739. The maximum absolute atomic E-state index is 13.8. The molecule has 1 aromatic heterocycles. The Labute approximate surface area is 166 Å². The SMILES string of the molecule is CCS(=O)(=O)Nc1ccc(NC(=O)c2cc(-c3ccccc3F)on2)cc1OC. The van der Waals surface area contributed by atoms with Gasteiger partial charge in [-0.25, -0.2) is 12.8 Å².